The van der Waals surface area contributed by atoms with Crippen LogP contribution in [0, 0.1) is 35.3 Å². The van der Waals surface area contributed by atoms with E-state index in [4.69, 9.17) is 4.74 Å². The van der Waals surface area contributed by atoms with Crippen LogP contribution in [0.4, 0.5) is 8.78 Å². The monoisotopic (exact) mass is 436 g/mol. The van der Waals surface area contributed by atoms with E-state index < -0.39 is 23.5 Å². The fourth-order valence-corrected chi connectivity index (χ4v) is 6.03. The number of aliphatic carboxylic acids is 1. The van der Waals surface area contributed by atoms with Gasteiger partial charge in [-0.25, -0.2) is 4.39 Å². The van der Waals surface area contributed by atoms with E-state index >= 15 is 0 Å². The van der Waals surface area contributed by atoms with Crippen molar-refractivity contribution in [2.24, 2.45) is 23.7 Å². The van der Waals surface area contributed by atoms with Gasteiger partial charge in [-0.05, 0) is 68.8 Å². The highest BCUT2D eigenvalue weighted by Gasteiger charge is 2.34. The fraction of sp³-hybridized carbons (Fsp3) is 0.731. The van der Waals surface area contributed by atoms with Gasteiger partial charge in [-0.1, -0.05) is 51.5 Å². The fourth-order valence-electron chi connectivity index (χ4n) is 6.03. The Balaban J connectivity index is 1.57. The van der Waals surface area contributed by atoms with Crippen LogP contribution in [0.15, 0.2) is 12.1 Å². The van der Waals surface area contributed by atoms with Crippen LogP contribution in [0.1, 0.15) is 96.0 Å². The zero-order valence-electron chi connectivity index (χ0n) is 19.0. The van der Waals surface area contributed by atoms with Gasteiger partial charge >= 0.3 is 5.97 Å². The molecule has 1 atom stereocenters. The Bertz CT molecular complexity index is 720. The summed E-state index contributed by atoms with van der Waals surface area (Å²) in [7, 11) is 0. The molecule has 0 saturated heterocycles. The van der Waals surface area contributed by atoms with Gasteiger partial charge in [-0.15, -0.1) is 0 Å². The van der Waals surface area contributed by atoms with Gasteiger partial charge in [0, 0.05) is 5.56 Å². The van der Waals surface area contributed by atoms with Gasteiger partial charge < -0.3 is 9.84 Å². The van der Waals surface area contributed by atoms with Gasteiger partial charge in [0.15, 0.2) is 11.6 Å². The van der Waals surface area contributed by atoms with Gasteiger partial charge in [-0.2, -0.15) is 4.39 Å². The molecule has 2 aliphatic carbocycles. The molecule has 2 fully saturated rings. The summed E-state index contributed by atoms with van der Waals surface area (Å²) in [5, 5.41) is 9.75. The third-order valence-corrected chi connectivity index (χ3v) is 7.77. The van der Waals surface area contributed by atoms with Crippen molar-refractivity contribution in [2.75, 3.05) is 6.61 Å². The van der Waals surface area contributed by atoms with E-state index in [9.17, 15) is 18.7 Å². The lowest BCUT2D eigenvalue weighted by Gasteiger charge is -2.38. The van der Waals surface area contributed by atoms with Crippen LogP contribution in [0.5, 0.6) is 5.75 Å². The predicted molar refractivity (Wildman–Crippen MR) is 118 cm³/mol. The van der Waals surface area contributed by atoms with Crippen LogP contribution in [0.25, 0.3) is 0 Å². The van der Waals surface area contributed by atoms with Crippen LogP contribution in [0.3, 0.4) is 0 Å². The Morgan fingerprint density at radius 2 is 1.55 bits per heavy atom. The lowest BCUT2D eigenvalue weighted by molar-refractivity contribution is -0.139. The second kappa shape index (κ2) is 11.3. The van der Waals surface area contributed by atoms with Crippen molar-refractivity contribution in [3.8, 4) is 5.75 Å². The molecule has 0 spiro atoms. The second-order valence-electron chi connectivity index (χ2n) is 9.69. The molecule has 1 unspecified atom stereocenters. The summed E-state index contributed by atoms with van der Waals surface area (Å²) in [6.07, 6.45) is 12.7. The summed E-state index contributed by atoms with van der Waals surface area (Å²) in [4.78, 5) is 11.9. The van der Waals surface area contributed by atoms with E-state index in [-0.39, 0.29) is 23.8 Å². The van der Waals surface area contributed by atoms with Crippen molar-refractivity contribution in [2.45, 2.75) is 90.4 Å². The molecule has 0 aliphatic heterocycles. The van der Waals surface area contributed by atoms with Crippen molar-refractivity contribution in [1.29, 1.82) is 0 Å². The molecule has 174 valence electrons. The molecule has 3 rings (SSSR count). The van der Waals surface area contributed by atoms with E-state index in [0.29, 0.717) is 6.42 Å². The van der Waals surface area contributed by atoms with Crippen LogP contribution in [-0.4, -0.2) is 17.7 Å². The minimum Gasteiger partial charge on any atom is -0.491 e. The summed E-state index contributed by atoms with van der Waals surface area (Å²) in [5.74, 6) is -1.70. The first-order valence-electron chi connectivity index (χ1n) is 12.3. The normalized spacial score (nSPS) is 27.6. The number of hydrogen-bond donors (Lipinski definition) is 1. The van der Waals surface area contributed by atoms with Gasteiger partial charge in [0.2, 0.25) is 5.82 Å². The maximum Gasteiger partial charge on any atom is 0.311 e. The highest BCUT2D eigenvalue weighted by atomic mass is 19.2. The number of benzene rings is 1. The molecule has 0 aromatic heterocycles. The Morgan fingerprint density at radius 1 is 0.968 bits per heavy atom. The minimum absolute atomic E-state index is 0.0650. The van der Waals surface area contributed by atoms with Crippen molar-refractivity contribution in [3.05, 3.63) is 29.3 Å². The Morgan fingerprint density at radius 3 is 2.06 bits per heavy atom. The maximum absolute atomic E-state index is 14.6. The second-order valence-corrected chi connectivity index (χ2v) is 9.69. The average molecular weight is 437 g/mol. The van der Waals surface area contributed by atoms with Crippen LogP contribution in [0.2, 0.25) is 0 Å². The van der Waals surface area contributed by atoms with Crippen LogP contribution < -0.4 is 4.74 Å². The maximum atomic E-state index is 14.6. The predicted octanol–water partition coefficient (Wildman–Crippen LogP) is 7.33. The summed E-state index contributed by atoms with van der Waals surface area (Å²) >= 11 is 0. The van der Waals surface area contributed by atoms with E-state index in [1.165, 1.54) is 50.7 Å². The Hall–Kier alpha value is -1.65. The molecule has 0 radical (unpaired) electrons. The molecule has 1 aromatic rings. The molecular weight excluding hydrogens is 398 g/mol. The SMILES string of the molecule is CCC[C@H]1CC[C@H]([C@H]2CC[C@H](CC(C(=O)O)c3ccc(OCC)c(F)c3F)CC2)CC1. The molecule has 2 saturated carbocycles. The lowest BCUT2D eigenvalue weighted by atomic mass is 9.67. The van der Waals surface area contributed by atoms with Crippen LogP contribution in [-0.2, 0) is 4.79 Å². The summed E-state index contributed by atoms with van der Waals surface area (Å²) < 4.78 is 34.0. The molecule has 2 aliphatic rings. The zero-order chi connectivity index (χ0) is 22.4. The largest absolute Gasteiger partial charge is 0.491 e. The number of carbonyl (C=O) groups is 1. The molecule has 31 heavy (non-hydrogen) atoms. The summed E-state index contributed by atoms with van der Waals surface area (Å²) in [5.41, 5.74) is -0.0650. The molecular formula is C26H38F2O3. The number of carboxylic acids is 1. The van der Waals surface area contributed by atoms with E-state index in [0.717, 1.165) is 43.4 Å². The number of halogens is 2. The number of ether oxygens (including phenoxy) is 1. The van der Waals surface area contributed by atoms with Gasteiger partial charge in [0.1, 0.15) is 0 Å². The Labute approximate surface area is 185 Å². The van der Waals surface area contributed by atoms with Crippen molar-refractivity contribution >= 4 is 5.97 Å². The third-order valence-electron chi connectivity index (χ3n) is 7.77. The average Bonchev–Trinajstić information content (AvgIpc) is 2.77. The summed E-state index contributed by atoms with van der Waals surface area (Å²) in [6.45, 7) is 4.19. The molecule has 3 nitrogen and oxygen atoms in total. The van der Waals surface area contributed by atoms with Crippen molar-refractivity contribution < 1.29 is 23.4 Å². The topological polar surface area (TPSA) is 46.5 Å². The molecule has 0 amide bonds. The molecule has 0 bridgehead atoms. The highest BCUT2D eigenvalue weighted by molar-refractivity contribution is 5.76. The number of hydrogen-bond acceptors (Lipinski definition) is 2. The van der Waals surface area contributed by atoms with Gasteiger partial charge in [0.05, 0.1) is 12.5 Å². The first-order chi connectivity index (χ1) is 14.9. The zero-order valence-corrected chi connectivity index (χ0v) is 19.0. The standard InChI is InChI=1S/C26H38F2O3/c1-3-5-17-6-10-19(11-7-17)20-12-8-18(9-13-20)16-22(26(29)30)21-14-15-23(31-4-2)25(28)24(21)27/h14-15,17-20,22H,3-13,16H2,1-2H3,(H,29,30)/t17-,18-,19-,20-,22?. The first-order valence-corrected chi connectivity index (χ1v) is 12.3. The molecule has 5 heteroatoms. The minimum atomic E-state index is -1.09. The van der Waals surface area contributed by atoms with E-state index in [1.807, 2.05) is 0 Å². The van der Waals surface area contributed by atoms with Crippen molar-refractivity contribution in [1.82, 2.24) is 0 Å². The quantitative estimate of drug-likeness (QED) is 0.441. The summed E-state index contributed by atoms with van der Waals surface area (Å²) in [6, 6.07) is 2.72. The highest BCUT2D eigenvalue weighted by Crippen LogP contribution is 2.44. The third kappa shape index (κ3) is 5.98. The molecule has 0 heterocycles. The van der Waals surface area contributed by atoms with Crippen LogP contribution >= 0.6 is 0 Å². The van der Waals surface area contributed by atoms with Crippen molar-refractivity contribution in [3.63, 3.8) is 0 Å². The smallest absolute Gasteiger partial charge is 0.311 e. The first kappa shape index (κ1) is 24.0. The Kier molecular flexibility index (Phi) is 8.74. The molecule has 1 N–H and O–H groups in total. The number of rotatable bonds is 9. The molecule has 1 aromatic carbocycles. The van der Waals surface area contributed by atoms with Gasteiger partial charge in [-0.3, -0.25) is 4.79 Å². The van der Waals surface area contributed by atoms with E-state index in [2.05, 4.69) is 6.92 Å². The number of carboxylic acid groups (broad SMARTS) is 1. The van der Waals surface area contributed by atoms with E-state index in [1.54, 1.807) is 6.92 Å². The van der Waals surface area contributed by atoms with Gasteiger partial charge in [0.25, 0.3) is 0 Å². The lowest BCUT2D eigenvalue weighted by Crippen LogP contribution is -2.27.